The van der Waals surface area contributed by atoms with Crippen molar-refractivity contribution in [2.45, 2.75) is 45.7 Å². The number of ether oxygens (including phenoxy) is 2. The van der Waals surface area contributed by atoms with Gasteiger partial charge in [-0.05, 0) is 62.5 Å². The minimum absolute atomic E-state index is 0.594. The monoisotopic (exact) mass is 417 g/mol. The van der Waals surface area contributed by atoms with Gasteiger partial charge in [-0.1, -0.05) is 6.92 Å². The summed E-state index contributed by atoms with van der Waals surface area (Å²) in [5, 5.41) is 6.92. The molecule has 1 atom stereocenters. The predicted octanol–water partition coefficient (Wildman–Crippen LogP) is 2.10. The molecule has 1 aromatic carbocycles. The van der Waals surface area contributed by atoms with Gasteiger partial charge in [0.15, 0.2) is 17.5 Å². The zero-order valence-corrected chi connectivity index (χ0v) is 19.2. The Bertz CT molecular complexity index is 709. The summed E-state index contributed by atoms with van der Waals surface area (Å²) in [4.78, 5) is 9.89. The molecule has 0 aliphatic carbocycles. The van der Waals surface area contributed by atoms with Gasteiger partial charge in [0.2, 0.25) is 0 Å². The van der Waals surface area contributed by atoms with Crippen LogP contribution in [0, 0.1) is 0 Å². The molecule has 2 aliphatic rings. The molecule has 0 saturated carbocycles. The topological polar surface area (TPSA) is 61.4 Å². The molecule has 7 heteroatoms. The molecule has 2 N–H and O–H groups in total. The van der Waals surface area contributed by atoms with Crippen LogP contribution >= 0.6 is 0 Å². The fourth-order valence-electron chi connectivity index (χ4n) is 4.52. The highest BCUT2D eigenvalue weighted by atomic mass is 16.5. The molecule has 1 fully saturated rings. The van der Waals surface area contributed by atoms with E-state index >= 15 is 0 Å². The predicted molar refractivity (Wildman–Crippen MR) is 123 cm³/mol. The molecule has 30 heavy (non-hydrogen) atoms. The van der Waals surface area contributed by atoms with Crippen LogP contribution in [0.2, 0.25) is 0 Å². The highest BCUT2D eigenvalue weighted by Gasteiger charge is 2.22. The van der Waals surface area contributed by atoms with Crippen molar-refractivity contribution in [2.24, 2.45) is 4.99 Å². The third kappa shape index (κ3) is 5.79. The highest BCUT2D eigenvalue weighted by Crippen LogP contribution is 2.33. The first kappa shape index (κ1) is 22.7. The summed E-state index contributed by atoms with van der Waals surface area (Å²) in [6, 6.07) is 4.85. The zero-order valence-electron chi connectivity index (χ0n) is 19.2. The lowest BCUT2D eigenvalue weighted by Crippen LogP contribution is -2.43. The van der Waals surface area contributed by atoms with Gasteiger partial charge in [0.05, 0.1) is 20.8 Å². The van der Waals surface area contributed by atoms with E-state index < -0.39 is 0 Å². The highest BCUT2D eigenvalue weighted by molar-refractivity contribution is 5.79. The summed E-state index contributed by atoms with van der Waals surface area (Å²) in [7, 11) is 3.39. The number of hydrogen-bond donors (Lipinski definition) is 2. The second-order valence-corrected chi connectivity index (χ2v) is 8.07. The average molecular weight is 418 g/mol. The van der Waals surface area contributed by atoms with Gasteiger partial charge < -0.3 is 20.1 Å². The Morgan fingerprint density at radius 3 is 2.57 bits per heavy atom. The van der Waals surface area contributed by atoms with Crippen molar-refractivity contribution in [1.29, 1.82) is 0 Å². The standard InChI is InChI=1S/C23H39N5O2/c1-5-24-23(26-16-20-8-7-11-28(20)6-2)25-10-13-27-12-9-18-14-21(29-3)22(30-4)15-19(18)17-27/h14-15,20H,5-13,16-17H2,1-4H3,(H2,24,25,26). The first-order chi connectivity index (χ1) is 14.7. The van der Waals surface area contributed by atoms with Crippen LogP contribution in [0.25, 0.3) is 0 Å². The van der Waals surface area contributed by atoms with E-state index in [1.807, 2.05) is 0 Å². The third-order valence-corrected chi connectivity index (χ3v) is 6.23. The number of fused-ring (bicyclic) bond motifs is 1. The van der Waals surface area contributed by atoms with Crippen molar-refractivity contribution in [1.82, 2.24) is 20.4 Å². The maximum Gasteiger partial charge on any atom is 0.191 e. The van der Waals surface area contributed by atoms with Crippen LogP contribution in [0.3, 0.4) is 0 Å². The summed E-state index contributed by atoms with van der Waals surface area (Å²) in [6.45, 7) is 12.3. The average Bonchev–Trinajstić information content (AvgIpc) is 3.24. The van der Waals surface area contributed by atoms with E-state index in [-0.39, 0.29) is 0 Å². The molecule has 1 saturated heterocycles. The Morgan fingerprint density at radius 2 is 1.87 bits per heavy atom. The summed E-state index contributed by atoms with van der Waals surface area (Å²) in [6.07, 6.45) is 3.60. The van der Waals surface area contributed by atoms with E-state index in [0.717, 1.165) is 69.7 Å². The van der Waals surface area contributed by atoms with E-state index in [0.29, 0.717) is 6.04 Å². The Kier molecular flexibility index (Phi) is 8.63. The smallest absolute Gasteiger partial charge is 0.191 e. The lowest BCUT2D eigenvalue weighted by Gasteiger charge is -2.29. The number of nitrogens with one attached hydrogen (secondary N) is 2. The minimum Gasteiger partial charge on any atom is -0.493 e. The first-order valence-corrected chi connectivity index (χ1v) is 11.4. The van der Waals surface area contributed by atoms with Crippen LogP contribution in [0.5, 0.6) is 11.5 Å². The molecule has 7 nitrogen and oxygen atoms in total. The van der Waals surface area contributed by atoms with Gasteiger partial charge in [-0.25, -0.2) is 0 Å². The largest absolute Gasteiger partial charge is 0.493 e. The third-order valence-electron chi connectivity index (χ3n) is 6.23. The van der Waals surface area contributed by atoms with E-state index in [9.17, 15) is 0 Å². The molecule has 0 amide bonds. The van der Waals surface area contributed by atoms with Crippen LogP contribution < -0.4 is 20.1 Å². The normalized spacial score (nSPS) is 20.1. The van der Waals surface area contributed by atoms with E-state index in [1.165, 1.54) is 30.5 Å². The lowest BCUT2D eigenvalue weighted by molar-refractivity contribution is 0.256. The van der Waals surface area contributed by atoms with Crippen LogP contribution in [0.4, 0.5) is 0 Å². The number of likely N-dealkylation sites (N-methyl/N-ethyl adjacent to an activating group) is 1. The molecule has 1 aromatic rings. The van der Waals surface area contributed by atoms with Crippen LogP contribution in [-0.2, 0) is 13.0 Å². The number of likely N-dealkylation sites (tertiary alicyclic amines) is 1. The Balaban J connectivity index is 1.50. The molecule has 2 heterocycles. The molecule has 0 spiro atoms. The van der Waals surface area contributed by atoms with Gasteiger partial charge in [-0.2, -0.15) is 0 Å². The number of nitrogens with zero attached hydrogens (tertiary/aromatic N) is 3. The number of methoxy groups -OCH3 is 2. The molecule has 0 radical (unpaired) electrons. The van der Waals surface area contributed by atoms with Crippen molar-refractivity contribution in [3.8, 4) is 11.5 Å². The van der Waals surface area contributed by atoms with E-state index in [4.69, 9.17) is 14.5 Å². The van der Waals surface area contributed by atoms with Crippen LogP contribution in [0.15, 0.2) is 17.1 Å². The fraction of sp³-hybridized carbons (Fsp3) is 0.696. The molecular formula is C23H39N5O2. The number of guanidine groups is 1. The van der Waals surface area contributed by atoms with Crippen molar-refractivity contribution in [3.05, 3.63) is 23.3 Å². The molecule has 0 aromatic heterocycles. The number of benzene rings is 1. The van der Waals surface area contributed by atoms with Crippen molar-refractivity contribution < 1.29 is 9.47 Å². The van der Waals surface area contributed by atoms with Gasteiger partial charge in [0.1, 0.15) is 0 Å². The SMILES string of the molecule is CCNC(=NCC1CCCN1CC)NCCN1CCc2cc(OC)c(OC)cc2C1. The Morgan fingerprint density at radius 1 is 1.10 bits per heavy atom. The minimum atomic E-state index is 0.594. The van der Waals surface area contributed by atoms with Gasteiger partial charge in [-0.15, -0.1) is 0 Å². The van der Waals surface area contributed by atoms with Crippen LogP contribution in [-0.4, -0.2) is 81.8 Å². The van der Waals surface area contributed by atoms with E-state index in [2.05, 4.69) is 46.4 Å². The van der Waals surface area contributed by atoms with Gasteiger partial charge in [-0.3, -0.25) is 14.8 Å². The second kappa shape index (κ2) is 11.4. The Hall–Kier alpha value is -1.99. The number of aliphatic imine (C=N–C) groups is 1. The molecule has 2 aliphatic heterocycles. The lowest BCUT2D eigenvalue weighted by atomic mass is 9.99. The second-order valence-electron chi connectivity index (χ2n) is 8.07. The summed E-state index contributed by atoms with van der Waals surface area (Å²) in [5.74, 6) is 2.57. The summed E-state index contributed by atoms with van der Waals surface area (Å²) < 4.78 is 10.9. The van der Waals surface area contributed by atoms with E-state index in [1.54, 1.807) is 14.2 Å². The van der Waals surface area contributed by atoms with Gasteiger partial charge in [0.25, 0.3) is 0 Å². The van der Waals surface area contributed by atoms with Crippen molar-refractivity contribution >= 4 is 5.96 Å². The zero-order chi connectivity index (χ0) is 21.3. The van der Waals surface area contributed by atoms with Crippen molar-refractivity contribution in [3.63, 3.8) is 0 Å². The summed E-state index contributed by atoms with van der Waals surface area (Å²) >= 11 is 0. The molecule has 0 bridgehead atoms. The molecule has 168 valence electrons. The fourth-order valence-corrected chi connectivity index (χ4v) is 4.52. The molecule has 3 rings (SSSR count). The quantitative estimate of drug-likeness (QED) is 0.474. The molecular weight excluding hydrogens is 378 g/mol. The number of rotatable bonds is 9. The maximum atomic E-state index is 5.48. The maximum absolute atomic E-state index is 5.48. The summed E-state index contributed by atoms with van der Waals surface area (Å²) in [5.41, 5.74) is 2.70. The van der Waals surface area contributed by atoms with Gasteiger partial charge in [0, 0.05) is 38.8 Å². The first-order valence-electron chi connectivity index (χ1n) is 11.4. The van der Waals surface area contributed by atoms with Gasteiger partial charge >= 0.3 is 0 Å². The molecule has 1 unspecified atom stereocenters. The van der Waals surface area contributed by atoms with Crippen LogP contribution in [0.1, 0.15) is 37.8 Å². The van der Waals surface area contributed by atoms with Crippen molar-refractivity contribution in [2.75, 3.05) is 60.0 Å². The Labute approximate surface area is 181 Å². The number of hydrogen-bond acceptors (Lipinski definition) is 5.